The first-order chi connectivity index (χ1) is 25.4. The molecule has 5 aromatic rings. The van der Waals surface area contributed by atoms with E-state index in [0.29, 0.717) is 24.2 Å². The fraction of sp³-hybridized carbons (Fsp3) is 0.295. The van der Waals surface area contributed by atoms with Gasteiger partial charge >= 0.3 is 0 Å². The van der Waals surface area contributed by atoms with Crippen LogP contribution in [0.4, 0.5) is 4.39 Å². The van der Waals surface area contributed by atoms with Gasteiger partial charge in [-0.3, -0.25) is 4.79 Å². The molecule has 0 unspecified atom stereocenters. The number of hydrogen-bond acceptors (Lipinski definition) is 4. The zero-order chi connectivity index (χ0) is 39.4. The summed E-state index contributed by atoms with van der Waals surface area (Å²) in [5.41, 5.74) is 7.07. The predicted molar refractivity (Wildman–Crippen MR) is 217 cm³/mol. The van der Waals surface area contributed by atoms with Gasteiger partial charge in [-0.25, -0.2) is 12.8 Å². The maximum atomic E-state index is 14.3. The Hall–Kier alpha value is -4.21. The van der Waals surface area contributed by atoms with Crippen molar-refractivity contribution in [1.29, 1.82) is 0 Å². The van der Waals surface area contributed by atoms with Crippen molar-refractivity contribution in [3.63, 3.8) is 0 Å². The SMILES string of the molecule is Cc1cccc(C(C)(C)C)c1CC(=O)N(Cc1cccc(CN(Cc2ccc(-c3ccc(F)cc3)cc2)S(=O)(=O)c2cc(Cl)cc(Cl)c2O)c1)CC(C)C. The van der Waals surface area contributed by atoms with Gasteiger partial charge in [0.1, 0.15) is 10.7 Å². The van der Waals surface area contributed by atoms with E-state index in [1.165, 1.54) is 28.6 Å². The van der Waals surface area contributed by atoms with Gasteiger partial charge in [-0.15, -0.1) is 0 Å². The van der Waals surface area contributed by atoms with Gasteiger partial charge in [-0.2, -0.15) is 4.31 Å². The lowest BCUT2D eigenvalue weighted by molar-refractivity contribution is -0.131. The van der Waals surface area contributed by atoms with E-state index in [1.807, 2.05) is 72.5 Å². The summed E-state index contributed by atoms with van der Waals surface area (Å²) in [7, 11) is -4.35. The Kier molecular flexibility index (Phi) is 13.0. The van der Waals surface area contributed by atoms with Crippen LogP contribution in [0.1, 0.15) is 68.0 Å². The van der Waals surface area contributed by atoms with Gasteiger partial charge in [0.15, 0.2) is 5.75 Å². The normalized spacial score (nSPS) is 12.1. The lowest BCUT2D eigenvalue weighted by Gasteiger charge is -2.28. The second-order valence-corrected chi connectivity index (χ2v) is 18.0. The molecule has 10 heteroatoms. The maximum Gasteiger partial charge on any atom is 0.247 e. The standard InChI is InChI=1S/C44H47Cl2FN2O4S/c1-29(2)25-48(42(50)24-38-30(3)9-7-12-39(38)44(4,5)6)26-32-10-8-11-33(21-32)28-49(54(52,53)41-23-36(45)22-40(46)43(41)51)27-31-13-15-34(16-14-31)35-17-19-37(47)20-18-35/h7-23,29,51H,24-28H2,1-6H3. The smallest absolute Gasteiger partial charge is 0.247 e. The Labute approximate surface area is 329 Å². The Balaban J connectivity index is 1.45. The molecule has 0 aromatic heterocycles. The van der Waals surface area contributed by atoms with Gasteiger partial charge in [0.25, 0.3) is 0 Å². The Morgan fingerprint density at radius 2 is 1.37 bits per heavy atom. The number of hydrogen-bond donors (Lipinski definition) is 1. The van der Waals surface area contributed by atoms with E-state index in [1.54, 1.807) is 12.1 Å². The minimum atomic E-state index is -4.35. The molecule has 1 amide bonds. The molecule has 54 heavy (non-hydrogen) atoms. The van der Waals surface area contributed by atoms with Crippen molar-refractivity contribution in [3.05, 3.63) is 152 Å². The van der Waals surface area contributed by atoms with Gasteiger partial charge in [0, 0.05) is 31.2 Å². The van der Waals surface area contributed by atoms with Crippen molar-refractivity contribution >= 4 is 39.1 Å². The summed E-state index contributed by atoms with van der Waals surface area (Å²) in [5.74, 6) is -0.669. The minimum absolute atomic E-state index is 0.0236. The number of aromatic hydroxyl groups is 1. The summed E-state index contributed by atoms with van der Waals surface area (Å²) in [6.07, 6.45) is 0.281. The molecule has 6 nitrogen and oxygen atoms in total. The molecule has 284 valence electrons. The average Bonchev–Trinajstić information content (AvgIpc) is 3.10. The number of carbonyl (C=O) groups excluding carboxylic acids is 1. The lowest BCUT2D eigenvalue weighted by Crippen LogP contribution is -2.35. The number of phenols is 1. The third kappa shape index (κ3) is 10.1. The molecule has 5 aromatic carbocycles. The summed E-state index contributed by atoms with van der Waals surface area (Å²) in [4.78, 5) is 15.5. The van der Waals surface area contributed by atoms with Crippen molar-refractivity contribution in [2.75, 3.05) is 6.54 Å². The Bertz CT molecular complexity index is 2220. The quantitative estimate of drug-likeness (QED) is 0.129. The number of halogens is 3. The van der Waals surface area contributed by atoms with E-state index >= 15 is 0 Å². The van der Waals surface area contributed by atoms with Crippen LogP contribution in [0.2, 0.25) is 10.0 Å². The molecule has 0 spiro atoms. The summed E-state index contributed by atoms with van der Waals surface area (Å²) in [6.45, 7) is 13.5. The molecule has 0 aliphatic rings. The maximum absolute atomic E-state index is 14.3. The molecular weight excluding hydrogens is 742 g/mol. The highest BCUT2D eigenvalue weighted by atomic mass is 35.5. The molecule has 0 fully saturated rings. The van der Waals surface area contributed by atoms with Crippen molar-refractivity contribution in [2.24, 2.45) is 5.92 Å². The largest absolute Gasteiger partial charge is 0.505 e. The van der Waals surface area contributed by atoms with Crippen molar-refractivity contribution < 1.29 is 22.7 Å². The van der Waals surface area contributed by atoms with Crippen LogP contribution in [-0.4, -0.2) is 35.2 Å². The van der Waals surface area contributed by atoms with Crippen molar-refractivity contribution in [2.45, 2.75) is 77.9 Å². The van der Waals surface area contributed by atoms with Crippen LogP contribution in [-0.2, 0) is 46.3 Å². The molecule has 0 atom stereocenters. The summed E-state index contributed by atoms with van der Waals surface area (Å²) in [6, 6.07) is 29.7. The Morgan fingerprint density at radius 1 is 0.796 bits per heavy atom. The summed E-state index contributed by atoms with van der Waals surface area (Å²) >= 11 is 12.4. The molecule has 0 saturated heterocycles. The fourth-order valence-electron chi connectivity index (χ4n) is 6.60. The predicted octanol–water partition coefficient (Wildman–Crippen LogP) is 10.7. The van der Waals surface area contributed by atoms with E-state index < -0.39 is 20.7 Å². The number of sulfonamides is 1. The van der Waals surface area contributed by atoms with Crippen LogP contribution in [0.5, 0.6) is 5.75 Å². The molecule has 0 aliphatic heterocycles. The van der Waals surface area contributed by atoms with Crippen molar-refractivity contribution in [3.8, 4) is 16.9 Å². The first kappa shape index (κ1) is 41.0. The van der Waals surface area contributed by atoms with Gasteiger partial charge in [-0.05, 0) is 87.0 Å². The number of amides is 1. The van der Waals surface area contributed by atoms with Crippen LogP contribution in [0.15, 0.2) is 108 Å². The second kappa shape index (κ2) is 17.1. The van der Waals surface area contributed by atoms with E-state index in [9.17, 15) is 22.7 Å². The van der Waals surface area contributed by atoms with E-state index in [2.05, 4.69) is 40.7 Å². The fourth-order valence-corrected chi connectivity index (χ4v) is 8.76. The average molecular weight is 790 g/mol. The molecule has 1 N–H and O–H groups in total. The zero-order valence-corrected chi connectivity index (χ0v) is 33.9. The summed E-state index contributed by atoms with van der Waals surface area (Å²) < 4.78 is 43.4. The van der Waals surface area contributed by atoms with Gasteiger partial charge in [0.2, 0.25) is 15.9 Å². The highest BCUT2D eigenvalue weighted by molar-refractivity contribution is 7.89. The van der Waals surface area contributed by atoms with Crippen LogP contribution in [0.25, 0.3) is 11.1 Å². The van der Waals surface area contributed by atoms with Crippen molar-refractivity contribution in [1.82, 2.24) is 9.21 Å². The van der Waals surface area contributed by atoms with Crippen LogP contribution < -0.4 is 0 Å². The molecule has 0 heterocycles. The topological polar surface area (TPSA) is 77.9 Å². The summed E-state index contributed by atoms with van der Waals surface area (Å²) in [5, 5.41) is 10.7. The van der Waals surface area contributed by atoms with Gasteiger partial charge in [0.05, 0.1) is 11.4 Å². The van der Waals surface area contributed by atoms with E-state index in [4.69, 9.17) is 23.2 Å². The van der Waals surface area contributed by atoms with E-state index in [-0.39, 0.29) is 52.6 Å². The van der Waals surface area contributed by atoms with Gasteiger partial charge < -0.3 is 10.0 Å². The molecule has 5 rings (SSSR count). The molecule has 0 bridgehead atoms. The molecule has 0 radical (unpaired) electrons. The second-order valence-electron chi connectivity index (χ2n) is 15.2. The number of nitrogens with zero attached hydrogens (tertiary/aromatic N) is 2. The monoisotopic (exact) mass is 788 g/mol. The number of phenolic OH excluding ortho intramolecular Hbond substituents is 1. The van der Waals surface area contributed by atoms with Gasteiger partial charge in [-0.1, -0.05) is 137 Å². The first-order valence-corrected chi connectivity index (χ1v) is 20.1. The first-order valence-electron chi connectivity index (χ1n) is 17.9. The molecule has 0 saturated carbocycles. The van der Waals surface area contributed by atoms with E-state index in [0.717, 1.165) is 33.4 Å². The number of aryl methyl sites for hydroxylation is 1. The zero-order valence-electron chi connectivity index (χ0n) is 31.5. The van der Waals surface area contributed by atoms with Crippen LogP contribution in [0.3, 0.4) is 0 Å². The number of benzene rings is 5. The molecular formula is C44H47Cl2FN2O4S. The third-order valence-corrected chi connectivity index (χ3v) is 11.6. The Morgan fingerprint density at radius 3 is 1.98 bits per heavy atom. The minimum Gasteiger partial charge on any atom is -0.505 e. The lowest BCUT2D eigenvalue weighted by atomic mass is 9.81. The van der Waals surface area contributed by atoms with Crippen LogP contribution >= 0.6 is 23.2 Å². The highest BCUT2D eigenvalue weighted by Crippen LogP contribution is 2.37. The number of rotatable bonds is 13. The number of carbonyl (C=O) groups is 1. The third-order valence-electron chi connectivity index (χ3n) is 9.31. The molecule has 0 aliphatic carbocycles. The highest BCUT2D eigenvalue weighted by Gasteiger charge is 2.30. The van der Waals surface area contributed by atoms with Crippen LogP contribution in [0, 0.1) is 18.7 Å².